The number of amides is 1. The Balaban J connectivity index is 2.05. The van der Waals surface area contributed by atoms with Crippen LogP contribution in [0.25, 0.3) is 0 Å². The highest BCUT2D eigenvalue weighted by atomic mass is 16.5. The van der Waals surface area contributed by atoms with Crippen molar-refractivity contribution >= 4 is 17.3 Å². The zero-order valence-corrected chi connectivity index (χ0v) is 16.1. The number of methoxy groups -OCH3 is 4. The molecule has 2 aromatic rings. The molecule has 0 radical (unpaired) electrons. The van der Waals surface area contributed by atoms with Gasteiger partial charge in [-0.2, -0.15) is 0 Å². The third kappa shape index (κ3) is 2.99. The molecule has 7 heteroatoms. The molecule has 2 atom stereocenters. The summed E-state index contributed by atoms with van der Waals surface area (Å²) in [6, 6.07) is 8.97. The van der Waals surface area contributed by atoms with Gasteiger partial charge >= 0.3 is 0 Å². The molecule has 0 saturated carbocycles. The number of carbonyl (C=O) groups is 1. The lowest BCUT2D eigenvalue weighted by molar-refractivity contribution is -0.129. The molecule has 0 spiro atoms. The molecule has 2 aromatic carbocycles. The van der Waals surface area contributed by atoms with Gasteiger partial charge in [0, 0.05) is 12.1 Å². The largest absolute Gasteiger partial charge is 0.495 e. The van der Waals surface area contributed by atoms with Crippen LogP contribution in [-0.4, -0.2) is 34.3 Å². The zero-order chi connectivity index (χ0) is 19.7. The minimum Gasteiger partial charge on any atom is -0.495 e. The fourth-order valence-electron chi connectivity index (χ4n) is 3.50. The highest BCUT2D eigenvalue weighted by Gasteiger charge is 2.46. The number of nitrogen functional groups attached to an aromatic ring is 1. The van der Waals surface area contributed by atoms with Crippen molar-refractivity contribution in [3.05, 3.63) is 35.9 Å². The van der Waals surface area contributed by atoms with Gasteiger partial charge < -0.3 is 29.6 Å². The van der Waals surface area contributed by atoms with Crippen LogP contribution in [0.15, 0.2) is 30.3 Å². The standard InChI is InChI=1S/C20H24N2O5/c1-11-18(12-6-7-15(24-2)14(21)8-12)22(20(11)23)13-9-16(25-3)19(27-5)17(10-13)26-4/h6-11,18H,21H2,1-5H3/t11-,18+/m0/s1. The second kappa shape index (κ2) is 7.26. The first-order valence-electron chi connectivity index (χ1n) is 8.53. The topological polar surface area (TPSA) is 83.2 Å². The van der Waals surface area contributed by atoms with E-state index in [1.165, 1.54) is 0 Å². The molecular weight excluding hydrogens is 348 g/mol. The van der Waals surface area contributed by atoms with Crippen molar-refractivity contribution < 1.29 is 23.7 Å². The number of rotatable bonds is 6. The summed E-state index contributed by atoms with van der Waals surface area (Å²) in [7, 11) is 6.20. The van der Waals surface area contributed by atoms with Crippen LogP contribution < -0.4 is 29.6 Å². The molecule has 3 rings (SSSR count). The van der Waals surface area contributed by atoms with E-state index in [1.54, 1.807) is 45.5 Å². The van der Waals surface area contributed by atoms with E-state index in [2.05, 4.69) is 0 Å². The number of benzene rings is 2. The number of nitrogens with zero attached hydrogens (tertiary/aromatic N) is 1. The third-order valence-electron chi connectivity index (χ3n) is 4.90. The maximum absolute atomic E-state index is 12.7. The lowest BCUT2D eigenvalue weighted by Crippen LogP contribution is -2.54. The molecule has 0 aliphatic carbocycles. The fraction of sp³-hybridized carbons (Fsp3) is 0.350. The number of anilines is 2. The van der Waals surface area contributed by atoms with E-state index < -0.39 is 0 Å². The summed E-state index contributed by atoms with van der Waals surface area (Å²) in [5.74, 6) is 1.92. The van der Waals surface area contributed by atoms with Crippen molar-refractivity contribution in [2.45, 2.75) is 13.0 Å². The number of hydrogen-bond donors (Lipinski definition) is 1. The van der Waals surface area contributed by atoms with Crippen molar-refractivity contribution in [1.82, 2.24) is 0 Å². The molecule has 0 aromatic heterocycles. The van der Waals surface area contributed by atoms with Crippen LogP contribution >= 0.6 is 0 Å². The predicted molar refractivity (Wildman–Crippen MR) is 103 cm³/mol. The quantitative estimate of drug-likeness (QED) is 0.620. The van der Waals surface area contributed by atoms with Gasteiger partial charge in [-0.05, 0) is 17.7 Å². The van der Waals surface area contributed by atoms with Crippen molar-refractivity contribution in [1.29, 1.82) is 0 Å². The highest BCUT2D eigenvalue weighted by molar-refractivity contribution is 6.03. The molecule has 1 aliphatic heterocycles. The summed E-state index contributed by atoms with van der Waals surface area (Å²) in [6.45, 7) is 1.90. The molecule has 0 bridgehead atoms. The first-order valence-corrected chi connectivity index (χ1v) is 8.53. The first-order chi connectivity index (χ1) is 13.0. The van der Waals surface area contributed by atoms with Crippen LogP contribution in [-0.2, 0) is 4.79 Å². The Morgan fingerprint density at radius 1 is 0.889 bits per heavy atom. The highest BCUT2D eigenvalue weighted by Crippen LogP contribution is 2.48. The maximum Gasteiger partial charge on any atom is 0.232 e. The minimum atomic E-state index is -0.170. The fourth-order valence-corrected chi connectivity index (χ4v) is 3.50. The molecule has 2 N–H and O–H groups in total. The Hall–Kier alpha value is -3.09. The van der Waals surface area contributed by atoms with E-state index in [0.717, 1.165) is 5.56 Å². The summed E-state index contributed by atoms with van der Waals surface area (Å²) >= 11 is 0. The van der Waals surface area contributed by atoms with Gasteiger partial charge in [0.05, 0.1) is 51.8 Å². The molecule has 1 saturated heterocycles. The number of carbonyl (C=O) groups excluding carboxylic acids is 1. The Morgan fingerprint density at radius 2 is 1.48 bits per heavy atom. The van der Waals surface area contributed by atoms with Gasteiger partial charge in [0.15, 0.2) is 11.5 Å². The summed E-state index contributed by atoms with van der Waals surface area (Å²) in [5, 5.41) is 0. The lowest BCUT2D eigenvalue weighted by Gasteiger charge is -2.46. The molecule has 1 amide bonds. The van der Waals surface area contributed by atoms with Crippen LogP contribution in [0.4, 0.5) is 11.4 Å². The van der Waals surface area contributed by atoms with Crippen LogP contribution in [0.5, 0.6) is 23.0 Å². The molecular formula is C20H24N2O5. The summed E-state index contributed by atoms with van der Waals surface area (Å²) in [4.78, 5) is 14.4. The summed E-state index contributed by atoms with van der Waals surface area (Å²) < 4.78 is 21.4. The van der Waals surface area contributed by atoms with Crippen LogP contribution in [0.2, 0.25) is 0 Å². The summed E-state index contributed by atoms with van der Waals surface area (Å²) in [5.41, 5.74) is 8.20. The van der Waals surface area contributed by atoms with Crippen molar-refractivity contribution in [2.75, 3.05) is 39.1 Å². The first kappa shape index (κ1) is 18.7. The van der Waals surface area contributed by atoms with Crippen LogP contribution in [0, 0.1) is 5.92 Å². The Labute approximate surface area is 158 Å². The number of ether oxygens (including phenoxy) is 4. The Bertz CT molecular complexity index is 842. The number of β-lactam (4-membered cyclic amide) rings is 1. The second-order valence-corrected chi connectivity index (χ2v) is 6.33. The molecule has 1 heterocycles. The van der Waals surface area contributed by atoms with Gasteiger partial charge in [-0.1, -0.05) is 13.0 Å². The van der Waals surface area contributed by atoms with E-state index in [9.17, 15) is 4.79 Å². The SMILES string of the molecule is COc1ccc([C@H]2[C@H](C)C(=O)N2c2cc(OC)c(OC)c(OC)c2)cc1N. The molecule has 1 fully saturated rings. The second-order valence-electron chi connectivity index (χ2n) is 6.33. The molecule has 0 unspecified atom stereocenters. The van der Waals surface area contributed by atoms with Crippen LogP contribution in [0.3, 0.4) is 0 Å². The van der Waals surface area contributed by atoms with E-state index in [1.807, 2.05) is 25.1 Å². The Kier molecular flexibility index (Phi) is 5.03. The minimum absolute atomic E-state index is 0.0173. The number of nitrogens with two attached hydrogens (primary N) is 1. The van der Waals surface area contributed by atoms with E-state index in [0.29, 0.717) is 34.4 Å². The smallest absolute Gasteiger partial charge is 0.232 e. The average Bonchev–Trinajstić information content (AvgIpc) is 2.69. The van der Waals surface area contributed by atoms with Crippen molar-refractivity contribution in [3.8, 4) is 23.0 Å². The van der Waals surface area contributed by atoms with Gasteiger partial charge in [-0.15, -0.1) is 0 Å². The van der Waals surface area contributed by atoms with E-state index >= 15 is 0 Å². The van der Waals surface area contributed by atoms with E-state index in [-0.39, 0.29) is 17.9 Å². The molecule has 7 nitrogen and oxygen atoms in total. The average molecular weight is 372 g/mol. The van der Waals surface area contributed by atoms with Gasteiger partial charge in [-0.3, -0.25) is 4.79 Å². The predicted octanol–water partition coefficient (Wildman–Crippen LogP) is 3.03. The normalized spacial score (nSPS) is 18.7. The number of hydrogen-bond acceptors (Lipinski definition) is 6. The van der Waals surface area contributed by atoms with Crippen molar-refractivity contribution in [2.24, 2.45) is 5.92 Å². The maximum atomic E-state index is 12.7. The molecule has 1 aliphatic rings. The molecule has 27 heavy (non-hydrogen) atoms. The Morgan fingerprint density at radius 3 is 1.96 bits per heavy atom. The third-order valence-corrected chi connectivity index (χ3v) is 4.90. The lowest BCUT2D eigenvalue weighted by atomic mass is 9.83. The van der Waals surface area contributed by atoms with Crippen LogP contribution in [0.1, 0.15) is 18.5 Å². The zero-order valence-electron chi connectivity index (χ0n) is 16.1. The van der Waals surface area contributed by atoms with Crippen molar-refractivity contribution in [3.63, 3.8) is 0 Å². The molecule has 144 valence electrons. The monoisotopic (exact) mass is 372 g/mol. The van der Waals surface area contributed by atoms with Gasteiger partial charge in [0.1, 0.15) is 5.75 Å². The van der Waals surface area contributed by atoms with Gasteiger partial charge in [-0.25, -0.2) is 0 Å². The summed E-state index contributed by atoms with van der Waals surface area (Å²) in [6.07, 6.45) is 0. The van der Waals surface area contributed by atoms with Gasteiger partial charge in [0.25, 0.3) is 0 Å². The van der Waals surface area contributed by atoms with Gasteiger partial charge in [0.2, 0.25) is 11.7 Å². The van der Waals surface area contributed by atoms with E-state index in [4.69, 9.17) is 24.7 Å².